The van der Waals surface area contributed by atoms with Gasteiger partial charge in [-0.25, -0.2) is 0 Å². The van der Waals surface area contributed by atoms with Crippen molar-refractivity contribution < 1.29 is 9.53 Å². The summed E-state index contributed by atoms with van der Waals surface area (Å²) < 4.78 is 7.10. The second kappa shape index (κ2) is 3.30. The molecule has 13 heavy (non-hydrogen) atoms. The Labute approximate surface area is 76.5 Å². The van der Waals surface area contributed by atoms with Gasteiger partial charge in [0.2, 0.25) is 0 Å². The number of aromatic nitrogens is 2. The Hall–Kier alpha value is -1.16. The van der Waals surface area contributed by atoms with E-state index in [0.29, 0.717) is 25.3 Å². The molecule has 0 bridgehead atoms. The van der Waals surface area contributed by atoms with Crippen molar-refractivity contribution in [2.75, 3.05) is 6.61 Å². The summed E-state index contributed by atoms with van der Waals surface area (Å²) in [6, 6.07) is 1.82. The predicted octanol–water partition coefficient (Wildman–Crippen LogP) is 1.01. The van der Waals surface area contributed by atoms with Gasteiger partial charge in [0, 0.05) is 6.42 Å². The fourth-order valence-electron chi connectivity index (χ4n) is 1.41. The molecule has 0 spiro atoms. The molecule has 0 amide bonds. The number of hydrogen-bond donors (Lipinski definition) is 0. The summed E-state index contributed by atoms with van der Waals surface area (Å²) in [5.41, 5.74) is 1.58. The maximum atomic E-state index is 11.3. The molecule has 70 valence electrons. The van der Waals surface area contributed by atoms with Crippen molar-refractivity contribution in [1.82, 2.24) is 9.78 Å². The van der Waals surface area contributed by atoms with Crippen LogP contribution in [0.5, 0.6) is 0 Å². The molecule has 0 atom stereocenters. The first-order valence-corrected chi connectivity index (χ1v) is 4.49. The standard InChI is InChI=1S/C9H12N2O2/c1-2-9(12)8-5-7-6-13-4-3-11(7)10-8/h5H,2-4,6H2,1H3. The third kappa shape index (κ3) is 1.49. The first kappa shape index (κ1) is 8.44. The zero-order chi connectivity index (χ0) is 9.26. The maximum absolute atomic E-state index is 11.3. The van der Waals surface area contributed by atoms with Crippen LogP contribution in [0.25, 0.3) is 0 Å². The molecule has 1 aliphatic heterocycles. The fourth-order valence-corrected chi connectivity index (χ4v) is 1.41. The molecule has 2 heterocycles. The molecular weight excluding hydrogens is 168 g/mol. The van der Waals surface area contributed by atoms with Crippen LogP contribution in [0.1, 0.15) is 29.5 Å². The molecule has 0 N–H and O–H groups in total. The number of nitrogens with zero attached hydrogens (tertiary/aromatic N) is 2. The van der Waals surface area contributed by atoms with Crippen molar-refractivity contribution in [2.45, 2.75) is 26.5 Å². The fraction of sp³-hybridized carbons (Fsp3) is 0.556. The minimum Gasteiger partial charge on any atom is -0.373 e. The third-order valence-electron chi connectivity index (χ3n) is 2.17. The van der Waals surface area contributed by atoms with E-state index in [4.69, 9.17) is 4.74 Å². The number of hydrogen-bond acceptors (Lipinski definition) is 3. The SMILES string of the molecule is CCC(=O)c1cc2n(n1)CCOC2. The largest absolute Gasteiger partial charge is 0.373 e. The van der Waals surface area contributed by atoms with Gasteiger partial charge in [-0.05, 0) is 6.07 Å². The van der Waals surface area contributed by atoms with Crippen molar-refractivity contribution in [3.8, 4) is 0 Å². The minimum absolute atomic E-state index is 0.0990. The zero-order valence-corrected chi connectivity index (χ0v) is 7.62. The van der Waals surface area contributed by atoms with Gasteiger partial charge in [0.05, 0.1) is 25.5 Å². The Kier molecular flexibility index (Phi) is 2.14. The smallest absolute Gasteiger partial charge is 0.182 e. The second-order valence-corrected chi connectivity index (χ2v) is 3.07. The number of carbonyl (C=O) groups excluding carboxylic acids is 1. The van der Waals surface area contributed by atoms with E-state index in [1.807, 2.05) is 17.7 Å². The summed E-state index contributed by atoms with van der Waals surface area (Å²) in [7, 11) is 0. The van der Waals surface area contributed by atoms with Crippen LogP contribution in [0.4, 0.5) is 0 Å². The van der Waals surface area contributed by atoms with Crippen LogP contribution >= 0.6 is 0 Å². The average molecular weight is 180 g/mol. The second-order valence-electron chi connectivity index (χ2n) is 3.07. The number of ketones is 1. The molecule has 4 heteroatoms. The number of carbonyl (C=O) groups is 1. The van der Waals surface area contributed by atoms with Crippen LogP contribution in [-0.2, 0) is 17.9 Å². The molecule has 0 saturated carbocycles. The van der Waals surface area contributed by atoms with Crippen LogP contribution < -0.4 is 0 Å². The molecule has 0 saturated heterocycles. The third-order valence-corrected chi connectivity index (χ3v) is 2.17. The highest BCUT2D eigenvalue weighted by atomic mass is 16.5. The van der Waals surface area contributed by atoms with Gasteiger partial charge < -0.3 is 4.74 Å². The van der Waals surface area contributed by atoms with Crippen molar-refractivity contribution in [2.24, 2.45) is 0 Å². The van der Waals surface area contributed by atoms with Crippen LogP contribution in [0.2, 0.25) is 0 Å². The van der Waals surface area contributed by atoms with E-state index in [0.717, 1.165) is 12.2 Å². The Morgan fingerprint density at radius 2 is 2.62 bits per heavy atom. The van der Waals surface area contributed by atoms with Gasteiger partial charge in [-0.2, -0.15) is 5.10 Å². The molecular formula is C9H12N2O2. The maximum Gasteiger partial charge on any atom is 0.182 e. The number of rotatable bonds is 2. The van der Waals surface area contributed by atoms with Crippen molar-refractivity contribution in [3.63, 3.8) is 0 Å². The van der Waals surface area contributed by atoms with E-state index < -0.39 is 0 Å². The summed E-state index contributed by atoms with van der Waals surface area (Å²) in [5.74, 6) is 0.0990. The average Bonchev–Trinajstić information content (AvgIpc) is 2.59. The first-order valence-electron chi connectivity index (χ1n) is 4.49. The Bertz CT molecular complexity index is 307. The lowest BCUT2D eigenvalue weighted by molar-refractivity contribution is 0.0798. The van der Waals surface area contributed by atoms with Gasteiger partial charge in [0.15, 0.2) is 5.78 Å². The van der Waals surface area contributed by atoms with E-state index >= 15 is 0 Å². The molecule has 1 aliphatic rings. The van der Waals surface area contributed by atoms with E-state index in [9.17, 15) is 4.79 Å². The van der Waals surface area contributed by atoms with Crippen LogP contribution in [0, 0.1) is 0 Å². The van der Waals surface area contributed by atoms with Crippen LogP contribution in [-0.4, -0.2) is 22.2 Å². The molecule has 1 aromatic rings. The summed E-state index contributed by atoms with van der Waals surface area (Å²) >= 11 is 0. The van der Waals surface area contributed by atoms with E-state index in [1.165, 1.54) is 0 Å². The number of ether oxygens (including phenoxy) is 1. The number of fused-ring (bicyclic) bond motifs is 1. The lowest BCUT2D eigenvalue weighted by Crippen LogP contribution is -2.17. The monoisotopic (exact) mass is 180 g/mol. The normalized spacial score (nSPS) is 15.5. The lowest BCUT2D eigenvalue weighted by Gasteiger charge is -2.12. The topological polar surface area (TPSA) is 44.1 Å². The van der Waals surface area contributed by atoms with E-state index in [1.54, 1.807) is 0 Å². The van der Waals surface area contributed by atoms with Gasteiger partial charge in [0.1, 0.15) is 5.69 Å². The molecule has 0 aliphatic carbocycles. The Balaban J connectivity index is 2.30. The Morgan fingerprint density at radius 3 is 3.31 bits per heavy atom. The van der Waals surface area contributed by atoms with Crippen molar-refractivity contribution in [3.05, 3.63) is 17.5 Å². The van der Waals surface area contributed by atoms with Crippen molar-refractivity contribution >= 4 is 5.78 Å². The van der Waals surface area contributed by atoms with Gasteiger partial charge in [-0.15, -0.1) is 0 Å². The van der Waals surface area contributed by atoms with Crippen LogP contribution in [0.15, 0.2) is 6.07 Å². The summed E-state index contributed by atoms with van der Waals surface area (Å²) in [6.45, 7) is 3.86. The lowest BCUT2D eigenvalue weighted by atomic mass is 10.2. The quantitative estimate of drug-likeness (QED) is 0.638. The zero-order valence-electron chi connectivity index (χ0n) is 7.62. The molecule has 0 fully saturated rings. The van der Waals surface area contributed by atoms with Gasteiger partial charge in [-0.3, -0.25) is 9.48 Å². The highest BCUT2D eigenvalue weighted by molar-refractivity contribution is 5.94. The van der Waals surface area contributed by atoms with E-state index in [-0.39, 0.29) is 5.78 Å². The summed E-state index contributed by atoms with van der Waals surface area (Å²) in [6.07, 6.45) is 0.511. The predicted molar refractivity (Wildman–Crippen MR) is 46.5 cm³/mol. The first-order chi connectivity index (χ1) is 6.31. The van der Waals surface area contributed by atoms with Gasteiger partial charge >= 0.3 is 0 Å². The molecule has 0 unspecified atom stereocenters. The molecule has 2 rings (SSSR count). The van der Waals surface area contributed by atoms with Crippen LogP contribution in [0.3, 0.4) is 0 Å². The molecule has 4 nitrogen and oxygen atoms in total. The number of Topliss-reactive ketones (excluding diaryl/α,β-unsaturated/α-hetero) is 1. The highest BCUT2D eigenvalue weighted by Gasteiger charge is 2.15. The highest BCUT2D eigenvalue weighted by Crippen LogP contribution is 2.11. The minimum atomic E-state index is 0.0990. The van der Waals surface area contributed by atoms with Gasteiger partial charge in [0.25, 0.3) is 0 Å². The summed E-state index contributed by atoms with van der Waals surface area (Å²) in [4.78, 5) is 11.3. The summed E-state index contributed by atoms with van der Waals surface area (Å²) in [5, 5.41) is 4.21. The van der Waals surface area contributed by atoms with E-state index in [2.05, 4.69) is 5.10 Å². The molecule has 0 radical (unpaired) electrons. The Morgan fingerprint density at radius 1 is 1.77 bits per heavy atom. The molecule has 1 aromatic heterocycles. The van der Waals surface area contributed by atoms with Gasteiger partial charge in [-0.1, -0.05) is 6.92 Å². The molecule has 0 aromatic carbocycles. The van der Waals surface area contributed by atoms with Crippen molar-refractivity contribution in [1.29, 1.82) is 0 Å².